The second-order valence-electron chi connectivity index (χ2n) is 7.93. The van der Waals surface area contributed by atoms with Crippen molar-refractivity contribution in [2.75, 3.05) is 25.0 Å². The number of nitrogens with one attached hydrogen (secondary N) is 1. The van der Waals surface area contributed by atoms with Crippen LogP contribution in [0.3, 0.4) is 0 Å². The van der Waals surface area contributed by atoms with E-state index in [0.29, 0.717) is 19.0 Å². The van der Waals surface area contributed by atoms with Gasteiger partial charge in [-0.2, -0.15) is 0 Å². The van der Waals surface area contributed by atoms with Crippen molar-refractivity contribution < 1.29 is 8.42 Å². The highest BCUT2D eigenvalue weighted by molar-refractivity contribution is 7.91. The van der Waals surface area contributed by atoms with Crippen molar-refractivity contribution in [3.63, 3.8) is 0 Å². The molecule has 0 aromatic carbocycles. The highest BCUT2D eigenvalue weighted by Gasteiger charge is 2.48. The fraction of sp³-hybridized carbons (Fsp3) is 0.526. The van der Waals surface area contributed by atoms with Gasteiger partial charge in [-0.1, -0.05) is 6.07 Å². The van der Waals surface area contributed by atoms with E-state index in [4.69, 9.17) is 4.98 Å². The quantitative estimate of drug-likeness (QED) is 0.836. The monoisotopic (exact) mass is 385 g/mol. The number of hydrogen-bond acceptors (Lipinski definition) is 7. The Kier molecular flexibility index (Phi) is 4.12. The summed E-state index contributed by atoms with van der Waals surface area (Å²) in [5.41, 5.74) is 2.73. The van der Waals surface area contributed by atoms with E-state index in [9.17, 15) is 8.42 Å². The minimum absolute atomic E-state index is 0.0422. The Hall–Kier alpha value is -2.06. The zero-order chi connectivity index (χ0) is 18.4. The van der Waals surface area contributed by atoms with E-state index in [1.807, 2.05) is 12.1 Å². The van der Waals surface area contributed by atoms with Crippen molar-refractivity contribution in [1.29, 1.82) is 0 Å². The summed E-state index contributed by atoms with van der Waals surface area (Å²) in [5, 5.41) is 2.91. The Morgan fingerprint density at radius 1 is 1.22 bits per heavy atom. The Morgan fingerprint density at radius 2 is 2.11 bits per heavy atom. The van der Waals surface area contributed by atoms with Crippen LogP contribution in [0.15, 0.2) is 30.7 Å². The van der Waals surface area contributed by atoms with Crippen LogP contribution in [0, 0.1) is 5.92 Å². The molecule has 0 amide bonds. The molecule has 2 fully saturated rings. The van der Waals surface area contributed by atoms with Crippen LogP contribution in [-0.4, -0.2) is 53.2 Å². The van der Waals surface area contributed by atoms with Gasteiger partial charge in [0, 0.05) is 56.3 Å². The summed E-state index contributed by atoms with van der Waals surface area (Å²) in [5.74, 6) is 1.33. The first-order chi connectivity index (χ1) is 13.1. The van der Waals surface area contributed by atoms with Crippen LogP contribution < -0.4 is 5.32 Å². The van der Waals surface area contributed by atoms with Gasteiger partial charge in [-0.15, -0.1) is 0 Å². The normalized spacial score (nSPS) is 26.4. The zero-order valence-electron chi connectivity index (χ0n) is 15.1. The molecule has 2 aromatic heterocycles. The van der Waals surface area contributed by atoms with E-state index in [-0.39, 0.29) is 16.9 Å². The first-order valence-electron chi connectivity index (χ1n) is 9.51. The molecule has 1 N–H and O–H groups in total. The van der Waals surface area contributed by atoms with Gasteiger partial charge in [0.2, 0.25) is 5.95 Å². The Balaban J connectivity index is 1.39. The summed E-state index contributed by atoms with van der Waals surface area (Å²) in [7, 11) is -3.14. The summed E-state index contributed by atoms with van der Waals surface area (Å²) in [6.07, 6.45) is 7.79. The van der Waals surface area contributed by atoms with Gasteiger partial charge in [0.15, 0.2) is 9.84 Å². The molecule has 1 aliphatic carbocycles. The molecule has 8 heteroatoms. The van der Waals surface area contributed by atoms with Crippen LogP contribution in [0.25, 0.3) is 0 Å². The third-order valence-electron chi connectivity index (χ3n) is 5.80. The molecule has 0 unspecified atom stereocenters. The molecule has 142 valence electrons. The van der Waals surface area contributed by atoms with Gasteiger partial charge < -0.3 is 10.2 Å². The number of likely N-dealkylation sites (tertiary alicyclic amines) is 1. The van der Waals surface area contributed by atoms with Crippen molar-refractivity contribution in [3.05, 3.63) is 47.5 Å². The lowest BCUT2D eigenvalue weighted by atomic mass is 10.00. The van der Waals surface area contributed by atoms with Gasteiger partial charge in [-0.3, -0.25) is 4.98 Å². The average Bonchev–Trinajstić information content (AvgIpc) is 3.36. The van der Waals surface area contributed by atoms with Gasteiger partial charge in [0.05, 0.1) is 16.7 Å². The van der Waals surface area contributed by atoms with E-state index < -0.39 is 9.84 Å². The van der Waals surface area contributed by atoms with Gasteiger partial charge >= 0.3 is 0 Å². The predicted molar refractivity (Wildman–Crippen MR) is 102 cm³/mol. The van der Waals surface area contributed by atoms with Crippen LogP contribution >= 0.6 is 0 Å². The molecule has 2 atom stereocenters. The number of nitrogens with zero attached hydrogens (tertiary/aromatic N) is 4. The van der Waals surface area contributed by atoms with Crippen molar-refractivity contribution in [1.82, 2.24) is 19.9 Å². The molecule has 0 spiro atoms. The molecule has 0 bridgehead atoms. The second kappa shape index (κ2) is 6.53. The number of sulfone groups is 1. The average molecular weight is 385 g/mol. The summed E-state index contributed by atoms with van der Waals surface area (Å²) in [6.45, 7) is 3.04. The standard InChI is InChI=1S/C19H23N5O2S/c25-27(26)12-15-8-22-19(21-7-14-2-1-5-20-6-14)23-18(15)16-10-24(11-17(16)27)9-13-3-4-13/h1-2,5-6,8,13,16-17H,3-4,7,9-12H2,(H,21,22,23)/t16-,17+/m0/s1. The largest absolute Gasteiger partial charge is 0.350 e. The van der Waals surface area contributed by atoms with Crippen molar-refractivity contribution >= 4 is 15.8 Å². The molecule has 1 saturated heterocycles. The minimum Gasteiger partial charge on any atom is -0.350 e. The van der Waals surface area contributed by atoms with Crippen LogP contribution in [0.2, 0.25) is 0 Å². The van der Waals surface area contributed by atoms with Gasteiger partial charge in [-0.25, -0.2) is 18.4 Å². The molecular weight excluding hydrogens is 362 g/mol. The number of pyridine rings is 1. The molecule has 0 radical (unpaired) electrons. The lowest BCUT2D eigenvalue weighted by Gasteiger charge is -2.26. The van der Waals surface area contributed by atoms with Crippen molar-refractivity contribution in [2.45, 2.75) is 36.3 Å². The molecule has 5 rings (SSSR count). The first kappa shape index (κ1) is 17.1. The number of anilines is 1. The number of rotatable bonds is 5. The first-order valence-corrected chi connectivity index (χ1v) is 11.2. The molecular formula is C19H23N5O2S. The molecule has 7 nitrogen and oxygen atoms in total. The Labute approximate surface area is 159 Å². The SMILES string of the molecule is O=S1(=O)Cc2cnc(NCc3cccnc3)nc2[C@H]2CN(CC3CC3)C[C@H]21. The highest BCUT2D eigenvalue weighted by atomic mass is 32.2. The van der Waals surface area contributed by atoms with E-state index >= 15 is 0 Å². The summed E-state index contributed by atoms with van der Waals surface area (Å²) >= 11 is 0. The van der Waals surface area contributed by atoms with Crippen molar-refractivity contribution in [3.8, 4) is 0 Å². The van der Waals surface area contributed by atoms with E-state index in [1.165, 1.54) is 12.8 Å². The lowest BCUT2D eigenvalue weighted by Crippen LogP contribution is -2.35. The molecule has 3 aliphatic rings. The zero-order valence-corrected chi connectivity index (χ0v) is 15.9. The maximum absolute atomic E-state index is 12.8. The Bertz CT molecular complexity index is 946. The summed E-state index contributed by atoms with van der Waals surface area (Å²) < 4.78 is 25.5. The maximum atomic E-state index is 12.8. The van der Waals surface area contributed by atoms with Gasteiger partial charge in [0.25, 0.3) is 0 Å². The lowest BCUT2D eigenvalue weighted by molar-refractivity contribution is 0.320. The Morgan fingerprint density at radius 3 is 2.89 bits per heavy atom. The van der Waals surface area contributed by atoms with E-state index in [0.717, 1.165) is 35.8 Å². The highest BCUT2D eigenvalue weighted by Crippen LogP contribution is 2.41. The topological polar surface area (TPSA) is 88.1 Å². The van der Waals surface area contributed by atoms with Gasteiger partial charge in [-0.05, 0) is 30.4 Å². The van der Waals surface area contributed by atoms with E-state index in [2.05, 4.69) is 20.2 Å². The molecule has 1 saturated carbocycles. The molecule has 4 heterocycles. The fourth-order valence-corrected chi connectivity index (χ4v) is 6.26. The third-order valence-corrected chi connectivity index (χ3v) is 7.91. The summed E-state index contributed by atoms with van der Waals surface area (Å²) in [4.78, 5) is 15.5. The number of aromatic nitrogens is 3. The van der Waals surface area contributed by atoms with E-state index in [1.54, 1.807) is 18.6 Å². The molecule has 2 aromatic rings. The predicted octanol–water partition coefficient (Wildman–Crippen LogP) is 1.59. The smallest absolute Gasteiger partial charge is 0.223 e. The van der Waals surface area contributed by atoms with Crippen LogP contribution in [0.1, 0.15) is 35.6 Å². The molecule has 27 heavy (non-hydrogen) atoms. The van der Waals surface area contributed by atoms with Crippen molar-refractivity contribution in [2.24, 2.45) is 5.92 Å². The van der Waals surface area contributed by atoms with Gasteiger partial charge in [0.1, 0.15) is 0 Å². The van der Waals surface area contributed by atoms with Crippen LogP contribution in [0.4, 0.5) is 5.95 Å². The summed E-state index contributed by atoms with van der Waals surface area (Å²) in [6, 6.07) is 3.89. The molecule has 2 aliphatic heterocycles. The maximum Gasteiger partial charge on any atom is 0.223 e. The fourth-order valence-electron chi connectivity index (χ4n) is 4.24. The third kappa shape index (κ3) is 3.43. The number of hydrogen-bond donors (Lipinski definition) is 1. The number of fused-ring (bicyclic) bond motifs is 3. The minimum atomic E-state index is -3.14. The van der Waals surface area contributed by atoms with Crippen LogP contribution in [-0.2, 0) is 22.1 Å². The second-order valence-corrected chi connectivity index (χ2v) is 10.2. The van der Waals surface area contributed by atoms with Crippen LogP contribution in [0.5, 0.6) is 0 Å².